The predicted molar refractivity (Wildman–Crippen MR) is 38.8 cm³/mol. The van der Waals surface area contributed by atoms with Crippen LogP contribution < -0.4 is 5.32 Å². The van der Waals surface area contributed by atoms with Crippen molar-refractivity contribution in [1.82, 2.24) is 20.5 Å². The first-order valence-electron chi connectivity index (χ1n) is 3.45. The second-order valence-corrected chi connectivity index (χ2v) is 2.11. The molecule has 0 fully saturated rings. The first-order valence-corrected chi connectivity index (χ1v) is 3.45. The molecular weight excluding hydrogens is 144 g/mol. The van der Waals surface area contributed by atoms with Crippen LogP contribution in [0.1, 0.15) is 12.2 Å². The topological polar surface area (TPSA) is 70.7 Å². The summed E-state index contributed by atoms with van der Waals surface area (Å²) in [7, 11) is 0. The van der Waals surface area contributed by atoms with Crippen molar-refractivity contribution < 1.29 is 4.79 Å². The molecule has 1 rings (SSSR count). The van der Waals surface area contributed by atoms with Gasteiger partial charge in [-0.25, -0.2) is 4.98 Å². The Labute approximate surface area is 64.2 Å². The maximum Gasteiger partial charge on any atom is 0.207 e. The summed E-state index contributed by atoms with van der Waals surface area (Å²) in [4.78, 5) is 13.8. The van der Waals surface area contributed by atoms with Gasteiger partial charge in [-0.05, 0) is 6.42 Å². The van der Waals surface area contributed by atoms with Gasteiger partial charge in [0.15, 0.2) is 0 Å². The Bertz CT molecular complexity index is 196. The highest BCUT2D eigenvalue weighted by Crippen LogP contribution is 1.90. The quantitative estimate of drug-likeness (QED) is 0.443. The Morgan fingerprint density at radius 2 is 2.64 bits per heavy atom. The molecule has 0 atom stereocenters. The largest absolute Gasteiger partial charge is 0.359 e. The summed E-state index contributed by atoms with van der Waals surface area (Å²) in [5.74, 6) is 0.859. The second kappa shape index (κ2) is 4.43. The molecule has 0 spiro atoms. The zero-order chi connectivity index (χ0) is 7.94. The van der Waals surface area contributed by atoms with Gasteiger partial charge in [0.25, 0.3) is 0 Å². The third-order valence-corrected chi connectivity index (χ3v) is 1.28. The number of amides is 1. The van der Waals surface area contributed by atoms with Gasteiger partial charge in [-0.3, -0.25) is 9.89 Å². The van der Waals surface area contributed by atoms with Crippen LogP contribution in [0.4, 0.5) is 0 Å². The number of nitrogens with one attached hydrogen (secondary N) is 2. The molecule has 1 aromatic heterocycles. The molecule has 60 valence electrons. The highest BCUT2D eigenvalue weighted by atomic mass is 16.1. The molecule has 0 aliphatic heterocycles. The summed E-state index contributed by atoms with van der Waals surface area (Å²) in [5.41, 5.74) is 0. The van der Waals surface area contributed by atoms with Crippen LogP contribution in [0.5, 0.6) is 0 Å². The summed E-state index contributed by atoms with van der Waals surface area (Å²) >= 11 is 0. The molecule has 0 aliphatic carbocycles. The number of aromatic amines is 1. The molecular formula is C6H10N4O. The van der Waals surface area contributed by atoms with Gasteiger partial charge in [-0.2, -0.15) is 5.10 Å². The molecule has 0 unspecified atom stereocenters. The van der Waals surface area contributed by atoms with Crippen LogP contribution in [-0.4, -0.2) is 28.1 Å². The summed E-state index contributed by atoms with van der Waals surface area (Å²) in [6.45, 7) is 0.685. The lowest BCUT2D eigenvalue weighted by atomic mass is 10.3. The average Bonchev–Trinajstić information content (AvgIpc) is 2.50. The number of aryl methyl sites for hydroxylation is 1. The number of H-pyrrole nitrogens is 1. The maximum atomic E-state index is 9.82. The molecule has 11 heavy (non-hydrogen) atoms. The Morgan fingerprint density at radius 3 is 3.27 bits per heavy atom. The number of aromatic nitrogens is 3. The molecule has 0 radical (unpaired) electrons. The van der Waals surface area contributed by atoms with Gasteiger partial charge >= 0.3 is 0 Å². The zero-order valence-corrected chi connectivity index (χ0v) is 6.08. The summed E-state index contributed by atoms with van der Waals surface area (Å²) in [6, 6.07) is 0. The van der Waals surface area contributed by atoms with Crippen LogP contribution in [0, 0.1) is 0 Å². The molecule has 1 heterocycles. The number of hydrogen-bond acceptors (Lipinski definition) is 3. The molecule has 5 heteroatoms. The highest BCUT2D eigenvalue weighted by Gasteiger charge is 1.93. The number of hydrogen-bond donors (Lipinski definition) is 2. The van der Waals surface area contributed by atoms with E-state index in [1.807, 2.05) is 0 Å². The number of rotatable bonds is 5. The van der Waals surface area contributed by atoms with Crippen molar-refractivity contribution in [2.24, 2.45) is 0 Å². The predicted octanol–water partition coefficient (Wildman–Crippen LogP) is -0.517. The van der Waals surface area contributed by atoms with Crippen molar-refractivity contribution in [2.45, 2.75) is 12.8 Å². The van der Waals surface area contributed by atoms with E-state index < -0.39 is 0 Å². The van der Waals surface area contributed by atoms with E-state index in [0.29, 0.717) is 13.0 Å². The van der Waals surface area contributed by atoms with Gasteiger partial charge in [-0.15, -0.1) is 0 Å². The third-order valence-electron chi connectivity index (χ3n) is 1.28. The van der Waals surface area contributed by atoms with E-state index in [1.54, 1.807) is 0 Å². The van der Waals surface area contributed by atoms with Gasteiger partial charge in [0, 0.05) is 13.0 Å². The van der Waals surface area contributed by atoms with Gasteiger partial charge < -0.3 is 5.32 Å². The summed E-state index contributed by atoms with van der Waals surface area (Å²) in [6.07, 6.45) is 3.87. The van der Waals surface area contributed by atoms with Gasteiger partial charge in [0.1, 0.15) is 12.2 Å². The molecule has 5 nitrogen and oxygen atoms in total. The molecule has 0 aromatic carbocycles. The van der Waals surface area contributed by atoms with E-state index >= 15 is 0 Å². The van der Waals surface area contributed by atoms with E-state index in [4.69, 9.17) is 0 Å². The molecule has 0 saturated heterocycles. The van der Waals surface area contributed by atoms with Crippen molar-refractivity contribution in [3.05, 3.63) is 12.2 Å². The Balaban J connectivity index is 2.09. The van der Waals surface area contributed by atoms with Crippen molar-refractivity contribution >= 4 is 6.41 Å². The monoisotopic (exact) mass is 154 g/mol. The average molecular weight is 154 g/mol. The number of carbonyl (C=O) groups is 1. The van der Waals surface area contributed by atoms with Crippen molar-refractivity contribution in [2.75, 3.05) is 6.54 Å². The fraction of sp³-hybridized carbons (Fsp3) is 0.500. The van der Waals surface area contributed by atoms with Crippen LogP contribution in [-0.2, 0) is 11.2 Å². The van der Waals surface area contributed by atoms with Crippen LogP contribution in [0.3, 0.4) is 0 Å². The molecule has 0 saturated carbocycles. The Hall–Kier alpha value is -1.39. The van der Waals surface area contributed by atoms with Crippen molar-refractivity contribution in [3.63, 3.8) is 0 Å². The molecule has 2 N–H and O–H groups in total. The van der Waals surface area contributed by atoms with E-state index in [9.17, 15) is 4.79 Å². The smallest absolute Gasteiger partial charge is 0.207 e. The maximum absolute atomic E-state index is 9.82. The van der Waals surface area contributed by atoms with E-state index in [1.165, 1.54) is 6.33 Å². The van der Waals surface area contributed by atoms with Crippen LogP contribution in [0.2, 0.25) is 0 Å². The minimum Gasteiger partial charge on any atom is -0.359 e. The highest BCUT2D eigenvalue weighted by molar-refractivity contribution is 5.45. The fourth-order valence-electron chi connectivity index (χ4n) is 0.768. The zero-order valence-electron chi connectivity index (χ0n) is 6.08. The van der Waals surface area contributed by atoms with E-state index in [-0.39, 0.29) is 0 Å². The standard InChI is InChI=1S/C6H10N4O/c11-5-7-3-1-2-6-8-4-9-10-6/h4-5H,1-3H2,(H,7,11)(H,8,9,10). The Kier molecular flexibility index (Phi) is 3.11. The lowest BCUT2D eigenvalue weighted by molar-refractivity contribution is -0.109. The van der Waals surface area contributed by atoms with Gasteiger partial charge in [0.05, 0.1) is 0 Å². The van der Waals surface area contributed by atoms with Gasteiger partial charge in [-0.1, -0.05) is 0 Å². The Morgan fingerprint density at radius 1 is 1.73 bits per heavy atom. The lowest BCUT2D eigenvalue weighted by Crippen LogP contribution is -2.12. The van der Waals surface area contributed by atoms with Crippen LogP contribution >= 0.6 is 0 Å². The first kappa shape index (κ1) is 7.71. The first-order chi connectivity index (χ1) is 5.43. The molecule has 0 bridgehead atoms. The van der Waals surface area contributed by atoms with Crippen molar-refractivity contribution in [3.8, 4) is 0 Å². The molecule has 1 aromatic rings. The van der Waals surface area contributed by atoms with Crippen molar-refractivity contribution in [1.29, 1.82) is 0 Å². The summed E-state index contributed by atoms with van der Waals surface area (Å²) < 4.78 is 0. The van der Waals surface area contributed by atoms with E-state index in [0.717, 1.165) is 18.7 Å². The number of carbonyl (C=O) groups excluding carboxylic acids is 1. The minimum atomic E-state index is 0.685. The fourth-order valence-corrected chi connectivity index (χ4v) is 0.768. The van der Waals surface area contributed by atoms with Gasteiger partial charge in [0.2, 0.25) is 6.41 Å². The normalized spacial score (nSPS) is 9.45. The SMILES string of the molecule is O=CNCCCc1ncn[nH]1. The molecule has 0 aliphatic rings. The third kappa shape index (κ3) is 2.79. The second-order valence-electron chi connectivity index (χ2n) is 2.11. The number of nitrogens with zero attached hydrogens (tertiary/aromatic N) is 2. The van der Waals surface area contributed by atoms with E-state index in [2.05, 4.69) is 20.5 Å². The summed E-state index contributed by atoms with van der Waals surface area (Å²) in [5, 5.41) is 9.00. The van der Waals surface area contributed by atoms with Crippen LogP contribution in [0.25, 0.3) is 0 Å². The molecule has 1 amide bonds. The minimum absolute atomic E-state index is 0.685. The lowest BCUT2D eigenvalue weighted by Gasteiger charge is -1.94. The van der Waals surface area contributed by atoms with Crippen LogP contribution in [0.15, 0.2) is 6.33 Å².